The average molecular weight is 391 g/mol. The number of hydrogen-bond donors (Lipinski definition) is 3. The number of benzene rings is 2. The van der Waals surface area contributed by atoms with Crippen molar-refractivity contribution in [1.82, 2.24) is 0 Å². The second-order valence-electron chi connectivity index (χ2n) is 5.97. The SMILES string of the molecule is COc1ccc(C(C)c2cc(OC)c(OC)c(OC)c2)c(NC(=O)CO)c1O. The first-order chi connectivity index (χ1) is 13.4. The minimum atomic E-state index is -0.714. The van der Waals surface area contributed by atoms with Crippen LogP contribution in [0.4, 0.5) is 5.69 Å². The van der Waals surface area contributed by atoms with Crippen molar-refractivity contribution in [3.63, 3.8) is 0 Å². The highest BCUT2D eigenvalue weighted by molar-refractivity contribution is 5.94. The van der Waals surface area contributed by atoms with Gasteiger partial charge in [-0.25, -0.2) is 0 Å². The second kappa shape index (κ2) is 9.18. The topological polar surface area (TPSA) is 106 Å². The molecule has 0 spiro atoms. The lowest BCUT2D eigenvalue weighted by Gasteiger charge is -2.21. The molecular formula is C20H25NO7. The molecule has 28 heavy (non-hydrogen) atoms. The van der Waals surface area contributed by atoms with Crippen LogP contribution in [0.15, 0.2) is 24.3 Å². The smallest absolute Gasteiger partial charge is 0.250 e. The molecule has 0 aliphatic heterocycles. The molecule has 0 radical (unpaired) electrons. The molecule has 8 nitrogen and oxygen atoms in total. The molecule has 1 unspecified atom stereocenters. The Balaban J connectivity index is 2.61. The Labute approximate surface area is 163 Å². The Hall–Kier alpha value is -3.13. The summed E-state index contributed by atoms with van der Waals surface area (Å²) in [4.78, 5) is 11.8. The minimum absolute atomic E-state index is 0.166. The van der Waals surface area contributed by atoms with Gasteiger partial charge in [-0.2, -0.15) is 0 Å². The molecule has 8 heteroatoms. The molecule has 0 bridgehead atoms. The van der Waals surface area contributed by atoms with Crippen molar-refractivity contribution in [3.05, 3.63) is 35.4 Å². The highest BCUT2D eigenvalue weighted by atomic mass is 16.5. The van der Waals surface area contributed by atoms with Crippen LogP contribution >= 0.6 is 0 Å². The number of carbonyl (C=O) groups is 1. The quantitative estimate of drug-likeness (QED) is 0.594. The van der Waals surface area contributed by atoms with Crippen LogP contribution in [0.3, 0.4) is 0 Å². The van der Waals surface area contributed by atoms with Gasteiger partial charge in [0.05, 0.1) is 34.1 Å². The molecule has 0 heterocycles. The van der Waals surface area contributed by atoms with Gasteiger partial charge in [0.1, 0.15) is 6.61 Å². The lowest BCUT2D eigenvalue weighted by molar-refractivity contribution is -0.118. The number of phenolic OH excluding ortho intramolecular Hbond substituents is 1. The van der Waals surface area contributed by atoms with Crippen molar-refractivity contribution in [3.8, 4) is 28.7 Å². The fraction of sp³-hybridized carbons (Fsp3) is 0.350. The van der Waals surface area contributed by atoms with E-state index >= 15 is 0 Å². The Morgan fingerprint density at radius 1 is 1.00 bits per heavy atom. The minimum Gasteiger partial charge on any atom is -0.503 e. The van der Waals surface area contributed by atoms with Crippen LogP contribution in [0, 0.1) is 0 Å². The highest BCUT2D eigenvalue weighted by Gasteiger charge is 2.23. The first-order valence-electron chi connectivity index (χ1n) is 8.52. The number of carbonyl (C=O) groups excluding carboxylic acids is 1. The third kappa shape index (κ3) is 4.07. The lowest BCUT2D eigenvalue weighted by atomic mass is 9.90. The van der Waals surface area contributed by atoms with E-state index in [2.05, 4.69) is 5.32 Å². The van der Waals surface area contributed by atoms with E-state index in [4.69, 9.17) is 24.1 Å². The number of aliphatic hydroxyl groups excluding tert-OH is 1. The predicted molar refractivity (Wildman–Crippen MR) is 104 cm³/mol. The van der Waals surface area contributed by atoms with Crippen LogP contribution in [-0.4, -0.2) is 51.2 Å². The zero-order valence-corrected chi connectivity index (χ0v) is 16.5. The van der Waals surface area contributed by atoms with Gasteiger partial charge in [0, 0.05) is 5.92 Å². The number of aromatic hydroxyl groups is 1. The lowest BCUT2D eigenvalue weighted by Crippen LogP contribution is -2.17. The van der Waals surface area contributed by atoms with Gasteiger partial charge in [0.25, 0.3) is 0 Å². The summed E-state index contributed by atoms with van der Waals surface area (Å²) < 4.78 is 21.3. The van der Waals surface area contributed by atoms with E-state index in [9.17, 15) is 9.90 Å². The molecule has 2 aromatic carbocycles. The van der Waals surface area contributed by atoms with E-state index in [-0.39, 0.29) is 23.1 Å². The third-order valence-corrected chi connectivity index (χ3v) is 4.45. The number of rotatable bonds is 8. The van der Waals surface area contributed by atoms with Crippen LogP contribution < -0.4 is 24.3 Å². The fourth-order valence-corrected chi connectivity index (χ4v) is 2.95. The van der Waals surface area contributed by atoms with Gasteiger partial charge < -0.3 is 34.5 Å². The van der Waals surface area contributed by atoms with Gasteiger partial charge in [0.2, 0.25) is 11.7 Å². The van der Waals surface area contributed by atoms with E-state index in [1.165, 1.54) is 28.4 Å². The number of nitrogens with one attached hydrogen (secondary N) is 1. The standard InChI is InChI=1S/C20H25NO7/c1-11(12-8-15(26-3)20(28-5)16(9-12)27-4)13-6-7-14(25-2)19(24)18(13)21-17(23)10-22/h6-9,11,22,24H,10H2,1-5H3,(H,21,23). The Kier molecular flexibility index (Phi) is 6.94. The molecule has 0 saturated heterocycles. The van der Waals surface area contributed by atoms with Crippen LogP contribution in [-0.2, 0) is 4.79 Å². The summed E-state index contributed by atoms with van der Waals surface area (Å²) >= 11 is 0. The number of amides is 1. The van der Waals surface area contributed by atoms with Crippen molar-refractivity contribution in [2.45, 2.75) is 12.8 Å². The molecule has 2 rings (SSSR count). The zero-order valence-electron chi connectivity index (χ0n) is 16.5. The molecule has 0 saturated carbocycles. The summed E-state index contributed by atoms with van der Waals surface area (Å²) in [6, 6.07) is 6.93. The van der Waals surface area contributed by atoms with E-state index in [1.54, 1.807) is 24.3 Å². The van der Waals surface area contributed by atoms with Crippen molar-refractivity contribution in [1.29, 1.82) is 0 Å². The van der Waals surface area contributed by atoms with Crippen molar-refractivity contribution in [2.75, 3.05) is 40.4 Å². The summed E-state index contributed by atoms with van der Waals surface area (Å²) in [5.41, 5.74) is 1.59. The molecule has 152 valence electrons. The Morgan fingerprint density at radius 3 is 2.04 bits per heavy atom. The van der Waals surface area contributed by atoms with Crippen LogP contribution in [0.25, 0.3) is 0 Å². The molecule has 0 aliphatic carbocycles. The van der Waals surface area contributed by atoms with E-state index in [0.29, 0.717) is 22.8 Å². The average Bonchev–Trinajstić information content (AvgIpc) is 2.73. The predicted octanol–water partition coefficient (Wildman–Crippen LogP) is 2.51. The number of methoxy groups -OCH3 is 4. The number of phenols is 1. The van der Waals surface area contributed by atoms with Gasteiger partial charge in [-0.15, -0.1) is 0 Å². The van der Waals surface area contributed by atoms with Crippen LogP contribution in [0.5, 0.6) is 28.7 Å². The number of anilines is 1. The molecule has 0 aliphatic rings. The maximum atomic E-state index is 11.8. The number of ether oxygens (including phenoxy) is 4. The maximum absolute atomic E-state index is 11.8. The molecule has 0 aromatic heterocycles. The Bertz CT molecular complexity index is 826. The summed E-state index contributed by atoms with van der Waals surface area (Å²) in [6.45, 7) is 1.19. The molecular weight excluding hydrogens is 366 g/mol. The largest absolute Gasteiger partial charge is 0.503 e. The molecule has 1 atom stereocenters. The van der Waals surface area contributed by atoms with Gasteiger partial charge in [-0.1, -0.05) is 13.0 Å². The van der Waals surface area contributed by atoms with Crippen LogP contribution in [0.1, 0.15) is 24.0 Å². The summed E-state index contributed by atoms with van der Waals surface area (Å²) in [6.07, 6.45) is 0. The van der Waals surface area contributed by atoms with Crippen LogP contribution in [0.2, 0.25) is 0 Å². The monoisotopic (exact) mass is 391 g/mol. The second-order valence-corrected chi connectivity index (χ2v) is 5.97. The van der Waals surface area contributed by atoms with Gasteiger partial charge in [-0.05, 0) is 29.3 Å². The van der Waals surface area contributed by atoms with Gasteiger partial charge in [0.15, 0.2) is 23.0 Å². The van der Waals surface area contributed by atoms with Crippen molar-refractivity contribution in [2.24, 2.45) is 0 Å². The van der Waals surface area contributed by atoms with Crippen molar-refractivity contribution >= 4 is 11.6 Å². The highest BCUT2D eigenvalue weighted by Crippen LogP contribution is 2.45. The summed E-state index contributed by atoms with van der Waals surface area (Å²) in [5, 5.41) is 22.1. The van der Waals surface area contributed by atoms with Crippen molar-refractivity contribution < 1.29 is 34.0 Å². The first-order valence-corrected chi connectivity index (χ1v) is 8.52. The Morgan fingerprint density at radius 2 is 1.57 bits per heavy atom. The van der Waals surface area contributed by atoms with E-state index in [0.717, 1.165) is 5.56 Å². The molecule has 0 fully saturated rings. The zero-order chi connectivity index (χ0) is 20.8. The first kappa shape index (κ1) is 21.2. The molecule has 1 amide bonds. The summed E-state index contributed by atoms with van der Waals surface area (Å²) in [5.74, 6) is 0.494. The number of hydrogen-bond acceptors (Lipinski definition) is 7. The fourth-order valence-electron chi connectivity index (χ4n) is 2.95. The normalized spacial score (nSPS) is 11.5. The van der Waals surface area contributed by atoms with E-state index < -0.39 is 12.5 Å². The third-order valence-electron chi connectivity index (χ3n) is 4.45. The van der Waals surface area contributed by atoms with E-state index in [1.807, 2.05) is 6.92 Å². The molecule has 3 N–H and O–H groups in total. The van der Waals surface area contributed by atoms with Gasteiger partial charge >= 0.3 is 0 Å². The summed E-state index contributed by atoms with van der Waals surface area (Å²) in [7, 11) is 5.98. The van der Waals surface area contributed by atoms with Gasteiger partial charge in [-0.3, -0.25) is 4.79 Å². The maximum Gasteiger partial charge on any atom is 0.250 e. The number of aliphatic hydroxyl groups is 1. The molecule has 2 aromatic rings.